The zero-order chi connectivity index (χ0) is 11.7. The average Bonchev–Trinajstić information content (AvgIpc) is 2.86. The zero-order valence-electron chi connectivity index (χ0n) is 9.13. The summed E-state index contributed by atoms with van der Waals surface area (Å²) < 4.78 is 0. The molecule has 0 aliphatic carbocycles. The number of nitrogens with two attached hydrogens (primary N) is 1. The first-order valence-corrected chi connectivity index (χ1v) is 6.28. The molecule has 3 aromatic heterocycles. The number of fused-ring (bicyclic) bond motifs is 1. The molecule has 0 radical (unpaired) electrons. The first kappa shape index (κ1) is 10.4. The predicted molar refractivity (Wildman–Crippen MR) is 70.7 cm³/mol. The Balaban J connectivity index is 2.30. The third kappa shape index (κ3) is 1.71. The van der Waals surface area contributed by atoms with Crippen LogP contribution in [0.2, 0.25) is 0 Å². The maximum atomic E-state index is 5.75. The van der Waals surface area contributed by atoms with Gasteiger partial charge in [-0.05, 0) is 28.8 Å². The van der Waals surface area contributed by atoms with Gasteiger partial charge < -0.3 is 5.73 Å². The molecule has 0 spiro atoms. The lowest BCUT2D eigenvalue weighted by molar-refractivity contribution is 1.05. The van der Waals surface area contributed by atoms with Gasteiger partial charge in [-0.15, -0.1) is 11.3 Å². The van der Waals surface area contributed by atoms with Crippen LogP contribution >= 0.6 is 11.3 Å². The van der Waals surface area contributed by atoms with Gasteiger partial charge in [0.05, 0.1) is 5.52 Å². The summed E-state index contributed by atoms with van der Waals surface area (Å²) in [5.74, 6) is 0. The lowest BCUT2D eigenvalue weighted by Gasteiger charge is -2.08. The Morgan fingerprint density at radius 2 is 2.00 bits per heavy atom. The summed E-state index contributed by atoms with van der Waals surface area (Å²) in [6, 6.07) is 4.04. The molecule has 0 aliphatic rings. The Morgan fingerprint density at radius 3 is 2.88 bits per heavy atom. The second kappa shape index (κ2) is 4.24. The highest BCUT2D eigenvalue weighted by molar-refractivity contribution is 7.09. The number of rotatable bonds is 2. The Bertz CT molecular complexity index is 660. The van der Waals surface area contributed by atoms with Gasteiger partial charge in [0.25, 0.3) is 0 Å². The normalized spacial score (nSPS) is 10.9. The van der Waals surface area contributed by atoms with Gasteiger partial charge in [-0.2, -0.15) is 0 Å². The quantitative estimate of drug-likeness (QED) is 0.750. The van der Waals surface area contributed by atoms with Crippen LogP contribution in [0.15, 0.2) is 41.5 Å². The average molecular weight is 241 g/mol. The summed E-state index contributed by atoms with van der Waals surface area (Å²) in [4.78, 5) is 8.46. The molecule has 84 valence electrons. The van der Waals surface area contributed by atoms with Crippen molar-refractivity contribution < 1.29 is 0 Å². The first-order chi connectivity index (χ1) is 8.40. The highest BCUT2D eigenvalue weighted by Gasteiger charge is 2.08. The van der Waals surface area contributed by atoms with Crippen molar-refractivity contribution in [3.8, 4) is 11.1 Å². The molecule has 2 N–H and O–H groups in total. The minimum Gasteiger partial charge on any atom is -0.326 e. The molecular formula is C13H11N3S. The third-order valence-corrected chi connectivity index (χ3v) is 3.53. The van der Waals surface area contributed by atoms with Crippen LogP contribution < -0.4 is 5.73 Å². The molecule has 0 atom stereocenters. The maximum absolute atomic E-state index is 5.75. The second-order valence-electron chi connectivity index (χ2n) is 3.77. The van der Waals surface area contributed by atoms with E-state index in [9.17, 15) is 0 Å². The van der Waals surface area contributed by atoms with E-state index in [0.717, 1.165) is 16.6 Å². The van der Waals surface area contributed by atoms with E-state index in [4.69, 9.17) is 5.73 Å². The summed E-state index contributed by atoms with van der Waals surface area (Å²) in [5, 5.41) is 5.36. The highest BCUT2D eigenvalue weighted by atomic mass is 32.1. The molecule has 3 nitrogen and oxygen atoms in total. The van der Waals surface area contributed by atoms with Crippen molar-refractivity contribution in [1.29, 1.82) is 0 Å². The molecule has 0 amide bonds. The van der Waals surface area contributed by atoms with Gasteiger partial charge in [0.1, 0.15) is 0 Å². The Kier molecular flexibility index (Phi) is 2.59. The first-order valence-electron chi connectivity index (χ1n) is 5.34. The van der Waals surface area contributed by atoms with Crippen molar-refractivity contribution >= 4 is 22.2 Å². The smallest absolute Gasteiger partial charge is 0.0815 e. The maximum Gasteiger partial charge on any atom is 0.0815 e. The van der Waals surface area contributed by atoms with Gasteiger partial charge in [-0.3, -0.25) is 9.97 Å². The standard InChI is InChI=1S/C13H11N3S/c14-5-9-6-15-3-1-10(9)11-2-4-16-13-8-17-7-12(11)13/h1-4,6-8H,5,14H2. The molecule has 0 saturated heterocycles. The summed E-state index contributed by atoms with van der Waals surface area (Å²) in [6.45, 7) is 0.497. The monoisotopic (exact) mass is 241 g/mol. The predicted octanol–water partition coefficient (Wildman–Crippen LogP) is 2.82. The second-order valence-corrected chi connectivity index (χ2v) is 4.51. The number of pyridine rings is 2. The van der Waals surface area contributed by atoms with Crippen LogP contribution in [-0.4, -0.2) is 9.97 Å². The minimum absolute atomic E-state index is 0.497. The number of aromatic nitrogens is 2. The van der Waals surface area contributed by atoms with Crippen LogP contribution in [0.25, 0.3) is 22.0 Å². The lowest BCUT2D eigenvalue weighted by atomic mass is 10.0. The molecule has 17 heavy (non-hydrogen) atoms. The van der Waals surface area contributed by atoms with E-state index in [2.05, 4.69) is 20.7 Å². The SMILES string of the molecule is NCc1cnccc1-c1ccnc2cscc12. The van der Waals surface area contributed by atoms with E-state index in [1.807, 2.05) is 24.5 Å². The molecule has 4 heteroatoms. The van der Waals surface area contributed by atoms with Crippen molar-refractivity contribution in [2.24, 2.45) is 5.73 Å². The molecule has 0 saturated carbocycles. The van der Waals surface area contributed by atoms with Crippen LogP contribution in [0.4, 0.5) is 0 Å². The molecule has 3 rings (SSSR count). The molecule has 0 unspecified atom stereocenters. The number of nitrogens with zero attached hydrogens (tertiary/aromatic N) is 2. The third-order valence-electron chi connectivity index (χ3n) is 2.80. The zero-order valence-corrected chi connectivity index (χ0v) is 9.95. The van der Waals surface area contributed by atoms with Crippen molar-refractivity contribution in [3.63, 3.8) is 0 Å². The van der Waals surface area contributed by atoms with Crippen LogP contribution in [0.5, 0.6) is 0 Å². The van der Waals surface area contributed by atoms with Gasteiger partial charge in [0, 0.05) is 41.3 Å². The van der Waals surface area contributed by atoms with Gasteiger partial charge >= 0.3 is 0 Å². The van der Waals surface area contributed by atoms with E-state index < -0.39 is 0 Å². The Hall–Kier alpha value is -1.78. The van der Waals surface area contributed by atoms with Crippen molar-refractivity contribution in [2.75, 3.05) is 0 Å². The van der Waals surface area contributed by atoms with Crippen molar-refractivity contribution in [1.82, 2.24) is 9.97 Å². The van der Waals surface area contributed by atoms with E-state index in [1.54, 1.807) is 17.5 Å². The van der Waals surface area contributed by atoms with Gasteiger partial charge in [0.15, 0.2) is 0 Å². The summed E-state index contributed by atoms with van der Waals surface area (Å²) in [7, 11) is 0. The number of hydrogen-bond acceptors (Lipinski definition) is 4. The van der Waals surface area contributed by atoms with E-state index in [0.29, 0.717) is 6.54 Å². The van der Waals surface area contributed by atoms with Crippen LogP contribution in [0.3, 0.4) is 0 Å². The van der Waals surface area contributed by atoms with Gasteiger partial charge in [0.2, 0.25) is 0 Å². The summed E-state index contributed by atoms with van der Waals surface area (Å²) in [5.41, 5.74) is 10.2. The molecule has 0 fully saturated rings. The molecule has 0 bridgehead atoms. The highest BCUT2D eigenvalue weighted by Crippen LogP contribution is 2.31. The Morgan fingerprint density at radius 1 is 1.12 bits per heavy atom. The van der Waals surface area contributed by atoms with Crippen LogP contribution in [0.1, 0.15) is 5.56 Å². The van der Waals surface area contributed by atoms with Crippen molar-refractivity contribution in [3.05, 3.63) is 47.0 Å². The molecular weight excluding hydrogens is 230 g/mol. The fraction of sp³-hybridized carbons (Fsp3) is 0.0769. The van der Waals surface area contributed by atoms with E-state index in [1.165, 1.54) is 10.9 Å². The van der Waals surface area contributed by atoms with E-state index >= 15 is 0 Å². The topological polar surface area (TPSA) is 51.8 Å². The number of thiophene rings is 1. The Labute approximate surface area is 103 Å². The van der Waals surface area contributed by atoms with Crippen LogP contribution in [0, 0.1) is 0 Å². The largest absolute Gasteiger partial charge is 0.326 e. The van der Waals surface area contributed by atoms with E-state index in [-0.39, 0.29) is 0 Å². The molecule has 3 aromatic rings. The fourth-order valence-electron chi connectivity index (χ4n) is 1.96. The van der Waals surface area contributed by atoms with Crippen molar-refractivity contribution in [2.45, 2.75) is 6.54 Å². The fourth-order valence-corrected chi connectivity index (χ4v) is 2.73. The molecule has 0 aliphatic heterocycles. The van der Waals surface area contributed by atoms with Crippen LogP contribution in [-0.2, 0) is 6.54 Å². The molecule has 3 heterocycles. The summed E-state index contributed by atoms with van der Waals surface area (Å²) in [6.07, 6.45) is 5.46. The summed E-state index contributed by atoms with van der Waals surface area (Å²) >= 11 is 1.67. The minimum atomic E-state index is 0.497. The molecule has 0 aromatic carbocycles. The lowest BCUT2D eigenvalue weighted by Crippen LogP contribution is -1.99. The number of hydrogen-bond donors (Lipinski definition) is 1. The van der Waals surface area contributed by atoms with Gasteiger partial charge in [-0.1, -0.05) is 0 Å². The van der Waals surface area contributed by atoms with Gasteiger partial charge in [-0.25, -0.2) is 0 Å².